The first-order valence-electron chi connectivity index (χ1n) is 8.70. The Morgan fingerprint density at radius 1 is 1.24 bits per heavy atom. The van der Waals surface area contributed by atoms with Gasteiger partial charge in [-0.05, 0) is 38.0 Å². The van der Waals surface area contributed by atoms with E-state index in [2.05, 4.69) is 9.97 Å². The molecule has 1 fully saturated rings. The van der Waals surface area contributed by atoms with Gasteiger partial charge in [-0.1, -0.05) is 6.07 Å². The number of hydrogen-bond donors (Lipinski definition) is 0. The average Bonchev–Trinajstić information content (AvgIpc) is 2.67. The van der Waals surface area contributed by atoms with E-state index in [1.165, 1.54) is 0 Å². The van der Waals surface area contributed by atoms with Crippen molar-refractivity contribution in [1.29, 1.82) is 0 Å². The minimum Gasteiger partial charge on any atom is -0.486 e. The zero-order valence-corrected chi connectivity index (χ0v) is 14.3. The van der Waals surface area contributed by atoms with Crippen LogP contribution in [0.1, 0.15) is 40.6 Å². The molecule has 1 aromatic heterocycles. The molecule has 2 aromatic rings. The number of hydrogen-bond acceptors (Lipinski definition) is 5. The van der Waals surface area contributed by atoms with E-state index in [1.54, 1.807) is 6.20 Å². The Morgan fingerprint density at radius 2 is 2.12 bits per heavy atom. The lowest BCUT2D eigenvalue weighted by atomic mass is 9.94. The molecule has 0 aliphatic carbocycles. The fourth-order valence-corrected chi connectivity index (χ4v) is 3.52. The zero-order chi connectivity index (χ0) is 17.2. The molecule has 1 aromatic carbocycles. The number of carbonyl (C=O) groups is 1. The Morgan fingerprint density at radius 3 is 3.00 bits per heavy atom. The summed E-state index contributed by atoms with van der Waals surface area (Å²) in [5, 5.41) is 0. The van der Waals surface area contributed by atoms with Crippen LogP contribution in [0.15, 0.2) is 30.5 Å². The first-order valence-corrected chi connectivity index (χ1v) is 8.70. The van der Waals surface area contributed by atoms with Crippen LogP contribution in [0.2, 0.25) is 0 Å². The highest BCUT2D eigenvalue weighted by atomic mass is 16.6. The van der Waals surface area contributed by atoms with Gasteiger partial charge in [0.2, 0.25) is 0 Å². The normalized spacial score (nSPS) is 19.6. The first kappa shape index (κ1) is 15.9. The second-order valence-electron chi connectivity index (χ2n) is 6.45. The van der Waals surface area contributed by atoms with Crippen molar-refractivity contribution in [2.45, 2.75) is 25.7 Å². The molecule has 0 saturated carbocycles. The van der Waals surface area contributed by atoms with Crippen LogP contribution in [0.4, 0.5) is 0 Å². The minimum atomic E-state index is -0.00201. The highest BCUT2D eigenvalue weighted by Crippen LogP contribution is 2.35. The number of aromatic nitrogens is 2. The molecule has 1 atom stereocenters. The van der Waals surface area contributed by atoms with Gasteiger partial charge in [0.05, 0.1) is 5.56 Å². The van der Waals surface area contributed by atoms with E-state index in [1.807, 2.05) is 36.1 Å². The van der Waals surface area contributed by atoms with E-state index in [0.717, 1.165) is 30.9 Å². The maximum atomic E-state index is 13.1. The number of fused-ring (bicyclic) bond motifs is 1. The molecule has 6 heteroatoms. The highest BCUT2D eigenvalue weighted by molar-refractivity contribution is 5.98. The van der Waals surface area contributed by atoms with Gasteiger partial charge in [0, 0.05) is 30.9 Å². The number of ether oxygens (including phenoxy) is 2. The number of likely N-dealkylation sites (tertiary alicyclic amines) is 1. The summed E-state index contributed by atoms with van der Waals surface area (Å²) < 4.78 is 11.3. The standard InChI is InChI=1S/C19H21N3O3/c1-13-20-8-7-16(21-13)14-4-3-9-22(12-14)19(23)15-5-2-6-17-18(15)25-11-10-24-17/h2,5-8,14H,3-4,9-12H2,1H3/t14-/m1/s1. The van der Waals surface area contributed by atoms with Crippen LogP contribution in [0.25, 0.3) is 0 Å². The Labute approximate surface area is 146 Å². The lowest BCUT2D eigenvalue weighted by molar-refractivity contribution is 0.0695. The topological polar surface area (TPSA) is 64.6 Å². The van der Waals surface area contributed by atoms with Crippen LogP contribution in [0.3, 0.4) is 0 Å². The fraction of sp³-hybridized carbons (Fsp3) is 0.421. The molecule has 4 rings (SSSR count). The molecule has 2 aliphatic rings. The molecular formula is C19H21N3O3. The highest BCUT2D eigenvalue weighted by Gasteiger charge is 2.29. The number of para-hydroxylation sites is 1. The molecular weight excluding hydrogens is 318 g/mol. The largest absolute Gasteiger partial charge is 0.486 e. The van der Waals surface area contributed by atoms with Gasteiger partial charge in [-0.25, -0.2) is 9.97 Å². The maximum absolute atomic E-state index is 13.1. The molecule has 0 unspecified atom stereocenters. The lowest BCUT2D eigenvalue weighted by Crippen LogP contribution is -2.39. The molecule has 130 valence electrons. The quantitative estimate of drug-likeness (QED) is 0.841. The summed E-state index contributed by atoms with van der Waals surface area (Å²) in [5.74, 6) is 2.23. The number of piperidine rings is 1. The summed E-state index contributed by atoms with van der Waals surface area (Å²) in [6, 6.07) is 7.45. The van der Waals surface area contributed by atoms with Crippen LogP contribution in [0, 0.1) is 6.92 Å². The third-order valence-corrected chi connectivity index (χ3v) is 4.72. The SMILES string of the molecule is Cc1nccc([C@@H]2CCCN(C(=O)c3cccc4c3OCCO4)C2)n1. The predicted octanol–water partition coefficient (Wildman–Crippen LogP) is 2.58. The molecule has 0 radical (unpaired) electrons. The van der Waals surface area contributed by atoms with Crippen molar-refractivity contribution in [3.63, 3.8) is 0 Å². The number of amides is 1. The van der Waals surface area contributed by atoms with E-state index < -0.39 is 0 Å². The van der Waals surface area contributed by atoms with E-state index in [0.29, 0.717) is 36.8 Å². The second-order valence-corrected chi connectivity index (χ2v) is 6.45. The maximum Gasteiger partial charge on any atom is 0.257 e. The number of benzene rings is 1. The van der Waals surface area contributed by atoms with Crippen molar-refractivity contribution in [3.05, 3.63) is 47.5 Å². The predicted molar refractivity (Wildman–Crippen MR) is 92.1 cm³/mol. The molecule has 2 aliphatic heterocycles. The van der Waals surface area contributed by atoms with E-state index >= 15 is 0 Å². The monoisotopic (exact) mass is 339 g/mol. The van der Waals surface area contributed by atoms with Crippen molar-refractivity contribution < 1.29 is 14.3 Å². The molecule has 0 bridgehead atoms. The Balaban J connectivity index is 1.56. The van der Waals surface area contributed by atoms with Crippen LogP contribution in [-0.2, 0) is 0 Å². The van der Waals surface area contributed by atoms with Gasteiger partial charge < -0.3 is 14.4 Å². The third kappa shape index (κ3) is 3.16. The van der Waals surface area contributed by atoms with Crippen LogP contribution < -0.4 is 9.47 Å². The van der Waals surface area contributed by atoms with Crippen LogP contribution >= 0.6 is 0 Å². The van der Waals surface area contributed by atoms with Crippen molar-refractivity contribution >= 4 is 5.91 Å². The molecule has 1 amide bonds. The molecule has 3 heterocycles. The first-order chi connectivity index (χ1) is 12.2. The summed E-state index contributed by atoms with van der Waals surface area (Å²) in [6.07, 6.45) is 3.79. The number of rotatable bonds is 2. The van der Waals surface area contributed by atoms with Crippen molar-refractivity contribution in [1.82, 2.24) is 14.9 Å². The fourth-order valence-electron chi connectivity index (χ4n) is 3.52. The van der Waals surface area contributed by atoms with Crippen LogP contribution in [0.5, 0.6) is 11.5 Å². The number of aryl methyl sites for hydroxylation is 1. The summed E-state index contributed by atoms with van der Waals surface area (Å²) in [4.78, 5) is 23.7. The van der Waals surface area contributed by atoms with Crippen molar-refractivity contribution in [2.75, 3.05) is 26.3 Å². The average molecular weight is 339 g/mol. The molecule has 0 spiro atoms. The summed E-state index contributed by atoms with van der Waals surface area (Å²) in [7, 11) is 0. The van der Waals surface area contributed by atoms with Gasteiger partial charge in [-0.15, -0.1) is 0 Å². The van der Waals surface area contributed by atoms with E-state index in [-0.39, 0.29) is 11.8 Å². The Kier molecular flexibility index (Phi) is 4.26. The Hall–Kier alpha value is -2.63. The van der Waals surface area contributed by atoms with Gasteiger partial charge in [-0.3, -0.25) is 4.79 Å². The van der Waals surface area contributed by atoms with Crippen LogP contribution in [-0.4, -0.2) is 47.1 Å². The molecule has 25 heavy (non-hydrogen) atoms. The summed E-state index contributed by atoms with van der Waals surface area (Å²) in [5.41, 5.74) is 1.59. The Bertz CT molecular complexity index is 793. The zero-order valence-electron chi connectivity index (χ0n) is 14.3. The van der Waals surface area contributed by atoms with Crippen molar-refractivity contribution in [3.8, 4) is 11.5 Å². The number of carbonyl (C=O) groups excluding carboxylic acids is 1. The summed E-state index contributed by atoms with van der Waals surface area (Å²) in [6.45, 7) is 4.30. The van der Waals surface area contributed by atoms with Gasteiger partial charge in [0.25, 0.3) is 5.91 Å². The van der Waals surface area contributed by atoms with Gasteiger partial charge in [-0.2, -0.15) is 0 Å². The van der Waals surface area contributed by atoms with Gasteiger partial charge in [0.1, 0.15) is 19.0 Å². The van der Waals surface area contributed by atoms with Gasteiger partial charge in [0.15, 0.2) is 11.5 Å². The molecule has 1 saturated heterocycles. The lowest BCUT2D eigenvalue weighted by Gasteiger charge is -2.33. The second kappa shape index (κ2) is 6.70. The van der Waals surface area contributed by atoms with Crippen molar-refractivity contribution in [2.24, 2.45) is 0 Å². The number of nitrogens with zero attached hydrogens (tertiary/aromatic N) is 3. The minimum absolute atomic E-state index is 0.00201. The smallest absolute Gasteiger partial charge is 0.257 e. The van der Waals surface area contributed by atoms with E-state index in [4.69, 9.17) is 9.47 Å². The molecule has 6 nitrogen and oxygen atoms in total. The van der Waals surface area contributed by atoms with E-state index in [9.17, 15) is 4.79 Å². The summed E-state index contributed by atoms with van der Waals surface area (Å²) >= 11 is 0. The third-order valence-electron chi connectivity index (χ3n) is 4.72. The van der Waals surface area contributed by atoms with Gasteiger partial charge >= 0.3 is 0 Å². The molecule has 0 N–H and O–H groups in total.